The summed E-state index contributed by atoms with van der Waals surface area (Å²) >= 11 is 11.5. The predicted octanol–water partition coefficient (Wildman–Crippen LogP) is 3.62. The highest BCUT2D eigenvalue weighted by atomic mass is 35.5. The van der Waals surface area contributed by atoms with E-state index >= 15 is 0 Å². The normalized spacial score (nSPS) is 10.1. The summed E-state index contributed by atoms with van der Waals surface area (Å²) in [6.45, 7) is 0. The van der Waals surface area contributed by atoms with Crippen LogP contribution in [0.5, 0.6) is 0 Å². The van der Waals surface area contributed by atoms with Crippen LogP contribution in [-0.4, -0.2) is 10.8 Å². The summed E-state index contributed by atoms with van der Waals surface area (Å²) in [6, 6.07) is 11.9. The zero-order valence-corrected chi connectivity index (χ0v) is 9.66. The fourth-order valence-electron chi connectivity index (χ4n) is 1.35. The van der Waals surface area contributed by atoms with E-state index in [0.717, 1.165) is 0 Å². The Morgan fingerprint density at radius 1 is 0.938 bits per heavy atom. The Labute approximate surface area is 103 Å². The highest BCUT2D eigenvalue weighted by Crippen LogP contribution is 2.17. The first-order valence-electron chi connectivity index (χ1n) is 4.59. The molecule has 0 bridgehead atoms. The van der Waals surface area contributed by atoms with Crippen LogP contribution < -0.4 is 0 Å². The van der Waals surface area contributed by atoms with Crippen LogP contribution in [0.2, 0.25) is 10.3 Å². The van der Waals surface area contributed by atoms with Crippen molar-refractivity contribution in [2.75, 3.05) is 0 Å². The molecule has 0 unspecified atom stereocenters. The number of hydrogen-bond acceptors (Lipinski definition) is 2. The molecule has 0 aliphatic carbocycles. The molecule has 0 radical (unpaired) electrons. The van der Waals surface area contributed by atoms with E-state index in [4.69, 9.17) is 23.2 Å². The highest BCUT2D eigenvalue weighted by molar-refractivity contribution is 6.33. The van der Waals surface area contributed by atoms with Crippen LogP contribution >= 0.6 is 23.2 Å². The number of ketones is 1. The summed E-state index contributed by atoms with van der Waals surface area (Å²) in [7, 11) is 0. The van der Waals surface area contributed by atoms with Gasteiger partial charge in [0.1, 0.15) is 10.3 Å². The van der Waals surface area contributed by atoms with Crippen molar-refractivity contribution in [1.29, 1.82) is 0 Å². The van der Waals surface area contributed by atoms with E-state index in [1.807, 2.05) is 6.07 Å². The van der Waals surface area contributed by atoms with E-state index in [2.05, 4.69) is 4.98 Å². The Hall–Kier alpha value is -1.38. The molecule has 1 aromatic carbocycles. The summed E-state index contributed by atoms with van der Waals surface area (Å²) in [5, 5.41) is 0.429. The molecular weight excluding hydrogens is 245 g/mol. The van der Waals surface area contributed by atoms with Gasteiger partial charge in [0.2, 0.25) is 0 Å². The zero-order chi connectivity index (χ0) is 11.5. The molecule has 80 valence electrons. The van der Waals surface area contributed by atoms with Gasteiger partial charge < -0.3 is 0 Å². The minimum Gasteiger partial charge on any atom is -0.289 e. The van der Waals surface area contributed by atoms with Gasteiger partial charge >= 0.3 is 0 Å². The van der Waals surface area contributed by atoms with Crippen LogP contribution in [0.25, 0.3) is 0 Å². The molecule has 0 aliphatic rings. The van der Waals surface area contributed by atoms with Gasteiger partial charge in [-0.15, -0.1) is 0 Å². The number of hydrogen-bond donors (Lipinski definition) is 0. The molecule has 0 N–H and O–H groups in total. The molecule has 2 aromatic rings. The van der Waals surface area contributed by atoms with Crippen LogP contribution in [0.3, 0.4) is 0 Å². The number of benzene rings is 1. The Morgan fingerprint density at radius 3 is 2.06 bits per heavy atom. The second-order valence-corrected chi connectivity index (χ2v) is 3.97. The summed E-state index contributed by atoms with van der Waals surface area (Å²) < 4.78 is 0. The molecule has 0 spiro atoms. The minimum absolute atomic E-state index is 0.119. The smallest absolute Gasteiger partial charge is 0.193 e. The van der Waals surface area contributed by atoms with Crippen molar-refractivity contribution in [2.24, 2.45) is 0 Å². The van der Waals surface area contributed by atoms with Crippen LogP contribution in [0.4, 0.5) is 0 Å². The molecule has 2 nitrogen and oxygen atoms in total. The van der Waals surface area contributed by atoms with Gasteiger partial charge in [0.25, 0.3) is 0 Å². The van der Waals surface area contributed by atoms with Gasteiger partial charge in [-0.25, -0.2) is 4.98 Å². The van der Waals surface area contributed by atoms with Gasteiger partial charge in [0.05, 0.1) is 0 Å². The maximum Gasteiger partial charge on any atom is 0.193 e. The van der Waals surface area contributed by atoms with Gasteiger partial charge in [-0.3, -0.25) is 4.79 Å². The fourth-order valence-corrected chi connectivity index (χ4v) is 1.81. The lowest BCUT2D eigenvalue weighted by Crippen LogP contribution is -2.01. The number of carbonyl (C=O) groups is 1. The molecule has 0 fully saturated rings. The average molecular weight is 252 g/mol. The average Bonchev–Trinajstić information content (AvgIpc) is 2.28. The third-order valence-electron chi connectivity index (χ3n) is 2.06. The number of aromatic nitrogens is 1. The van der Waals surface area contributed by atoms with Gasteiger partial charge in [-0.1, -0.05) is 53.5 Å². The Kier molecular flexibility index (Phi) is 3.22. The number of pyridine rings is 1. The molecule has 4 heteroatoms. The fraction of sp³-hybridized carbons (Fsp3) is 0. The number of nitrogens with zero attached hydrogens (tertiary/aromatic N) is 1. The Morgan fingerprint density at radius 2 is 1.50 bits per heavy atom. The van der Waals surface area contributed by atoms with Gasteiger partial charge in [0, 0.05) is 11.1 Å². The van der Waals surface area contributed by atoms with Gasteiger partial charge in [-0.2, -0.15) is 0 Å². The van der Waals surface area contributed by atoms with Crippen LogP contribution in [-0.2, 0) is 0 Å². The largest absolute Gasteiger partial charge is 0.289 e. The standard InChI is InChI=1S/C12H7Cl2NO/c13-10-6-9(7-11(14)15-10)12(16)8-4-2-1-3-5-8/h1-7H. The topological polar surface area (TPSA) is 30.0 Å². The molecule has 0 amide bonds. The quantitative estimate of drug-likeness (QED) is 0.603. The van der Waals surface area contributed by atoms with Crippen LogP contribution in [0.1, 0.15) is 15.9 Å². The van der Waals surface area contributed by atoms with Gasteiger partial charge in [0.15, 0.2) is 5.78 Å². The molecule has 0 aliphatic heterocycles. The first-order valence-corrected chi connectivity index (χ1v) is 5.35. The lowest BCUT2D eigenvalue weighted by molar-refractivity contribution is 0.103. The summed E-state index contributed by atoms with van der Waals surface area (Å²) in [5.41, 5.74) is 1.04. The van der Waals surface area contributed by atoms with Crippen LogP contribution in [0.15, 0.2) is 42.5 Å². The molecule has 0 saturated carbocycles. The van der Waals surface area contributed by atoms with Crippen molar-refractivity contribution in [3.63, 3.8) is 0 Å². The van der Waals surface area contributed by atoms with E-state index in [1.165, 1.54) is 12.1 Å². The van der Waals surface area contributed by atoms with Crippen molar-refractivity contribution in [2.45, 2.75) is 0 Å². The molecule has 1 heterocycles. The summed E-state index contributed by atoms with van der Waals surface area (Å²) in [5.74, 6) is -0.119. The first-order chi connectivity index (χ1) is 7.66. The van der Waals surface area contributed by atoms with Crippen molar-refractivity contribution >= 4 is 29.0 Å². The van der Waals surface area contributed by atoms with Crippen molar-refractivity contribution < 1.29 is 4.79 Å². The molecule has 2 rings (SSSR count). The molecule has 1 aromatic heterocycles. The van der Waals surface area contributed by atoms with E-state index < -0.39 is 0 Å². The number of carbonyl (C=O) groups excluding carboxylic acids is 1. The van der Waals surface area contributed by atoms with E-state index in [0.29, 0.717) is 11.1 Å². The van der Waals surface area contributed by atoms with Crippen molar-refractivity contribution in [3.05, 3.63) is 63.9 Å². The molecule has 0 saturated heterocycles. The van der Waals surface area contributed by atoms with Crippen molar-refractivity contribution in [1.82, 2.24) is 4.98 Å². The van der Waals surface area contributed by atoms with E-state index in [9.17, 15) is 4.79 Å². The van der Waals surface area contributed by atoms with Crippen LogP contribution in [0, 0.1) is 0 Å². The maximum atomic E-state index is 12.0. The maximum absolute atomic E-state index is 12.0. The molecular formula is C12H7Cl2NO. The lowest BCUT2D eigenvalue weighted by Gasteiger charge is -2.01. The van der Waals surface area contributed by atoms with E-state index in [-0.39, 0.29) is 16.1 Å². The van der Waals surface area contributed by atoms with Crippen molar-refractivity contribution in [3.8, 4) is 0 Å². The minimum atomic E-state index is -0.119. The molecule has 16 heavy (non-hydrogen) atoms. The monoisotopic (exact) mass is 251 g/mol. The SMILES string of the molecule is O=C(c1ccccc1)c1cc(Cl)nc(Cl)c1. The number of halogens is 2. The highest BCUT2D eigenvalue weighted by Gasteiger charge is 2.10. The number of rotatable bonds is 2. The summed E-state index contributed by atoms with van der Waals surface area (Å²) in [4.78, 5) is 15.8. The Bertz CT molecular complexity index is 506. The predicted molar refractivity (Wildman–Crippen MR) is 64.1 cm³/mol. The Balaban J connectivity index is 2.42. The lowest BCUT2D eigenvalue weighted by atomic mass is 10.1. The third kappa shape index (κ3) is 2.40. The zero-order valence-electron chi connectivity index (χ0n) is 8.15. The van der Waals surface area contributed by atoms with Gasteiger partial charge in [-0.05, 0) is 12.1 Å². The first kappa shape index (κ1) is 11.1. The second kappa shape index (κ2) is 4.64. The third-order valence-corrected chi connectivity index (χ3v) is 2.45. The second-order valence-electron chi connectivity index (χ2n) is 3.20. The molecule has 0 atom stereocenters. The summed E-state index contributed by atoms with van der Waals surface area (Å²) in [6.07, 6.45) is 0. The van der Waals surface area contributed by atoms with E-state index in [1.54, 1.807) is 24.3 Å².